The maximum atomic E-state index is 11.1. The second-order valence-electron chi connectivity index (χ2n) is 4.18. The summed E-state index contributed by atoms with van der Waals surface area (Å²) >= 11 is 1.29. The molecule has 0 unspecified atom stereocenters. The summed E-state index contributed by atoms with van der Waals surface area (Å²) in [5, 5.41) is 10.5. The van der Waals surface area contributed by atoms with E-state index in [1.54, 1.807) is 12.3 Å². The Bertz CT molecular complexity index is 798. The van der Waals surface area contributed by atoms with E-state index in [1.165, 1.54) is 17.8 Å². The van der Waals surface area contributed by atoms with Crippen LogP contribution in [0.3, 0.4) is 0 Å². The molecule has 0 bridgehead atoms. The van der Waals surface area contributed by atoms with Gasteiger partial charge in [0.25, 0.3) is 5.22 Å². The van der Waals surface area contributed by atoms with Gasteiger partial charge in [0.1, 0.15) is 12.0 Å². The van der Waals surface area contributed by atoms with Crippen LogP contribution in [-0.2, 0) is 0 Å². The quantitative estimate of drug-likeness (QED) is 0.795. The third-order valence-electron chi connectivity index (χ3n) is 2.69. The second kappa shape index (κ2) is 4.97. The van der Waals surface area contributed by atoms with Crippen molar-refractivity contribution in [2.45, 2.75) is 17.0 Å². The van der Waals surface area contributed by atoms with Gasteiger partial charge in [-0.2, -0.15) is 0 Å². The van der Waals surface area contributed by atoms with Crippen LogP contribution in [-0.4, -0.2) is 21.0 Å². The van der Waals surface area contributed by atoms with Gasteiger partial charge in [0.15, 0.2) is 0 Å². The first kappa shape index (κ1) is 12.7. The van der Waals surface area contributed by atoms with E-state index in [2.05, 4.69) is 9.97 Å². The number of carbonyl (C=O) groups is 1. The molecule has 3 aromatic rings. The fraction of sp³-hybridized carbons (Fsp3) is 0.0714. The van der Waals surface area contributed by atoms with Crippen molar-refractivity contribution < 1.29 is 14.3 Å². The van der Waals surface area contributed by atoms with E-state index < -0.39 is 5.97 Å². The maximum Gasteiger partial charge on any atom is 0.354 e. The lowest BCUT2D eigenvalue weighted by atomic mass is 10.2. The number of rotatable bonds is 3. The summed E-state index contributed by atoms with van der Waals surface area (Å²) in [6.07, 6.45) is 1.56. The molecular formula is C14H10N2O3S. The highest BCUT2D eigenvalue weighted by molar-refractivity contribution is 7.99. The van der Waals surface area contributed by atoms with Gasteiger partial charge in [0, 0.05) is 10.3 Å². The first-order chi connectivity index (χ1) is 9.63. The molecule has 20 heavy (non-hydrogen) atoms. The molecule has 0 aliphatic rings. The molecule has 0 aliphatic carbocycles. The minimum absolute atomic E-state index is 0.00878. The number of benzene rings is 1. The molecule has 100 valence electrons. The Hall–Kier alpha value is -2.34. The molecule has 1 aromatic carbocycles. The van der Waals surface area contributed by atoms with Crippen molar-refractivity contribution in [1.82, 2.24) is 9.97 Å². The van der Waals surface area contributed by atoms with Gasteiger partial charge in [-0.3, -0.25) is 0 Å². The number of nitrogens with zero attached hydrogens (tertiary/aromatic N) is 2. The van der Waals surface area contributed by atoms with E-state index >= 15 is 0 Å². The third-order valence-corrected chi connectivity index (χ3v) is 3.61. The second-order valence-corrected chi connectivity index (χ2v) is 5.18. The van der Waals surface area contributed by atoms with Gasteiger partial charge in [0.05, 0.1) is 11.2 Å². The molecule has 0 saturated heterocycles. The Kier molecular flexibility index (Phi) is 3.15. The average Bonchev–Trinajstić information content (AvgIpc) is 2.84. The molecule has 0 fully saturated rings. The Morgan fingerprint density at radius 2 is 2.10 bits per heavy atom. The topological polar surface area (TPSA) is 76.2 Å². The molecule has 0 saturated carbocycles. The Balaban J connectivity index is 2.14. The lowest BCUT2D eigenvalue weighted by Gasteiger charge is -2.05. The summed E-state index contributed by atoms with van der Waals surface area (Å²) in [5.74, 6) is -1.05. The van der Waals surface area contributed by atoms with E-state index in [0.29, 0.717) is 10.7 Å². The number of pyridine rings is 1. The van der Waals surface area contributed by atoms with Gasteiger partial charge in [-0.1, -0.05) is 18.2 Å². The number of carboxylic acids is 1. The zero-order valence-corrected chi connectivity index (χ0v) is 11.3. The number of aryl methyl sites for hydroxylation is 1. The monoisotopic (exact) mass is 286 g/mol. The van der Waals surface area contributed by atoms with Crippen LogP contribution in [0.25, 0.3) is 10.9 Å². The van der Waals surface area contributed by atoms with Gasteiger partial charge in [-0.15, -0.1) is 0 Å². The number of aromatic carboxylic acids is 1. The average molecular weight is 286 g/mol. The predicted molar refractivity (Wildman–Crippen MR) is 74.1 cm³/mol. The lowest BCUT2D eigenvalue weighted by molar-refractivity contribution is 0.0690. The summed E-state index contributed by atoms with van der Waals surface area (Å²) in [6, 6.07) is 8.92. The number of oxazole rings is 1. The molecule has 5 nitrogen and oxygen atoms in total. The largest absolute Gasteiger partial charge is 0.477 e. The first-order valence-electron chi connectivity index (χ1n) is 5.86. The molecule has 1 N–H and O–H groups in total. The van der Waals surface area contributed by atoms with Crippen molar-refractivity contribution in [3.8, 4) is 0 Å². The summed E-state index contributed by atoms with van der Waals surface area (Å²) in [6.45, 7) is 1.83. The molecule has 6 heteroatoms. The van der Waals surface area contributed by atoms with Crippen LogP contribution in [0, 0.1) is 6.92 Å². The van der Waals surface area contributed by atoms with E-state index in [9.17, 15) is 4.79 Å². The van der Waals surface area contributed by atoms with E-state index in [0.717, 1.165) is 16.0 Å². The van der Waals surface area contributed by atoms with Gasteiger partial charge < -0.3 is 9.52 Å². The summed E-state index contributed by atoms with van der Waals surface area (Å²) in [4.78, 5) is 20.2. The summed E-state index contributed by atoms with van der Waals surface area (Å²) in [5.41, 5.74) is 1.43. The van der Waals surface area contributed by atoms with Crippen molar-refractivity contribution in [3.05, 3.63) is 48.0 Å². The van der Waals surface area contributed by atoms with Crippen LogP contribution in [0.15, 0.2) is 51.1 Å². The third kappa shape index (κ3) is 2.37. The fourth-order valence-electron chi connectivity index (χ4n) is 1.81. The summed E-state index contributed by atoms with van der Waals surface area (Å²) < 4.78 is 5.30. The zero-order valence-electron chi connectivity index (χ0n) is 10.5. The summed E-state index contributed by atoms with van der Waals surface area (Å²) in [7, 11) is 0. The van der Waals surface area contributed by atoms with Gasteiger partial charge in [-0.25, -0.2) is 14.8 Å². The Labute approximate surface area is 118 Å². The van der Waals surface area contributed by atoms with Crippen LogP contribution < -0.4 is 0 Å². The number of fused-ring (bicyclic) bond motifs is 1. The first-order valence-corrected chi connectivity index (χ1v) is 6.68. The molecule has 2 aromatic heterocycles. The predicted octanol–water partition coefficient (Wildman–Crippen LogP) is 3.38. The number of para-hydroxylation sites is 1. The minimum Gasteiger partial charge on any atom is -0.477 e. The van der Waals surface area contributed by atoms with Crippen molar-refractivity contribution in [2.24, 2.45) is 0 Å². The molecular weight excluding hydrogens is 276 g/mol. The van der Waals surface area contributed by atoms with Crippen molar-refractivity contribution in [1.29, 1.82) is 0 Å². The van der Waals surface area contributed by atoms with Crippen molar-refractivity contribution in [2.75, 3.05) is 0 Å². The highest BCUT2D eigenvalue weighted by Crippen LogP contribution is 2.33. The standard InChI is InChI=1S/C14H10N2O3S/c1-8-7-19-14(15-8)20-12-6-11(13(17)18)16-10-5-3-2-4-9(10)12/h2-7H,1H3,(H,17,18). The fourth-order valence-corrected chi connectivity index (χ4v) is 2.74. The van der Waals surface area contributed by atoms with Crippen molar-refractivity contribution >= 4 is 28.6 Å². The smallest absolute Gasteiger partial charge is 0.354 e. The maximum absolute atomic E-state index is 11.1. The van der Waals surface area contributed by atoms with Gasteiger partial charge in [-0.05, 0) is 30.8 Å². The van der Waals surface area contributed by atoms with Gasteiger partial charge >= 0.3 is 5.97 Å². The Morgan fingerprint density at radius 3 is 2.80 bits per heavy atom. The normalized spacial score (nSPS) is 10.8. The zero-order chi connectivity index (χ0) is 14.1. The van der Waals surface area contributed by atoms with Crippen molar-refractivity contribution in [3.63, 3.8) is 0 Å². The number of aromatic nitrogens is 2. The highest BCUT2D eigenvalue weighted by Gasteiger charge is 2.13. The highest BCUT2D eigenvalue weighted by atomic mass is 32.2. The van der Waals surface area contributed by atoms with Crippen LogP contribution in [0.4, 0.5) is 0 Å². The SMILES string of the molecule is Cc1coc(Sc2cc(C(=O)O)nc3ccccc23)n1. The molecule has 0 spiro atoms. The lowest BCUT2D eigenvalue weighted by Crippen LogP contribution is -2.00. The van der Waals surface area contributed by atoms with Gasteiger partial charge in [0.2, 0.25) is 0 Å². The molecule has 2 heterocycles. The molecule has 0 aliphatic heterocycles. The van der Waals surface area contributed by atoms with Crippen LogP contribution in [0.1, 0.15) is 16.2 Å². The van der Waals surface area contributed by atoms with E-state index in [-0.39, 0.29) is 5.69 Å². The number of carboxylic acid groups (broad SMARTS) is 1. The van der Waals surface area contributed by atoms with E-state index in [4.69, 9.17) is 9.52 Å². The molecule has 0 radical (unpaired) electrons. The number of hydrogen-bond acceptors (Lipinski definition) is 5. The van der Waals surface area contributed by atoms with E-state index in [1.807, 2.05) is 25.1 Å². The number of hydrogen-bond donors (Lipinski definition) is 1. The minimum atomic E-state index is -1.05. The van der Waals surface area contributed by atoms with Crippen LogP contribution in [0.2, 0.25) is 0 Å². The Morgan fingerprint density at radius 1 is 1.30 bits per heavy atom. The molecule has 0 atom stereocenters. The molecule has 3 rings (SSSR count). The van der Waals surface area contributed by atoms with Crippen LogP contribution in [0.5, 0.6) is 0 Å². The van der Waals surface area contributed by atoms with Crippen LogP contribution >= 0.6 is 11.8 Å². The molecule has 0 amide bonds.